The quantitative estimate of drug-likeness (QED) is 0.661. The second-order valence-electron chi connectivity index (χ2n) is 9.70. The average Bonchev–Trinajstić information content (AvgIpc) is 3.11. The van der Waals surface area contributed by atoms with E-state index < -0.39 is 0 Å². The van der Waals surface area contributed by atoms with Crippen LogP contribution in [0.5, 0.6) is 5.75 Å². The molecule has 9 nitrogen and oxygen atoms in total. The number of rotatable bonds is 4. The Balaban J connectivity index is 1.54. The third-order valence-corrected chi connectivity index (χ3v) is 5.73. The zero-order valence-electron chi connectivity index (χ0n) is 19.0. The van der Waals surface area contributed by atoms with Crippen molar-refractivity contribution in [2.24, 2.45) is 7.05 Å². The highest BCUT2D eigenvalue weighted by atomic mass is 16.3. The molecule has 4 heterocycles. The molecule has 3 aromatic heterocycles. The molecule has 0 aromatic carbocycles. The summed E-state index contributed by atoms with van der Waals surface area (Å²) in [6, 6.07) is 1.95. The van der Waals surface area contributed by atoms with Crippen LogP contribution in [-0.4, -0.2) is 59.2 Å². The van der Waals surface area contributed by atoms with Gasteiger partial charge in [0.2, 0.25) is 5.95 Å². The normalized spacial score (nSPS) is 18.1. The molecule has 1 saturated heterocycles. The van der Waals surface area contributed by atoms with Crippen LogP contribution in [0.2, 0.25) is 0 Å². The van der Waals surface area contributed by atoms with Gasteiger partial charge in [0.25, 0.3) is 0 Å². The van der Waals surface area contributed by atoms with E-state index >= 15 is 0 Å². The number of anilines is 1. The van der Waals surface area contributed by atoms with Crippen LogP contribution in [0.3, 0.4) is 0 Å². The lowest BCUT2D eigenvalue weighted by atomic mass is 9.79. The fourth-order valence-electron chi connectivity index (χ4n) is 4.62. The van der Waals surface area contributed by atoms with Gasteiger partial charge < -0.3 is 15.3 Å². The van der Waals surface area contributed by atoms with E-state index in [9.17, 15) is 5.11 Å². The fourth-order valence-corrected chi connectivity index (χ4v) is 4.62. The summed E-state index contributed by atoms with van der Waals surface area (Å²) < 4.78 is 1.70. The van der Waals surface area contributed by atoms with Gasteiger partial charge in [-0.2, -0.15) is 5.10 Å². The Kier molecular flexibility index (Phi) is 5.17. The number of hydrogen-bond acceptors (Lipinski definition) is 8. The predicted molar refractivity (Wildman–Crippen MR) is 120 cm³/mol. The maximum Gasteiger partial charge on any atom is 0.245 e. The molecule has 0 atom stereocenters. The maximum atomic E-state index is 10.5. The molecule has 2 N–H and O–H groups in total. The number of hydrogen-bond donors (Lipinski definition) is 2. The van der Waals surface area contributed by atoms with Gasteiger partial charge in [-0.1, -0.05) is 0 Å². The first-order valence-corrected chi connectivity index (χ1v) is 10.4. The van der Waals surface area contributed by atoms with E-state index in [1.807, 2.05) is 20.3 Å². The largest absolute Gasteiger partial charge is 0.506 e. The monoisotopic (exact) mass is 422 g/mol. The summed E-state index contributed by atoms with van der Waals surface area (Å²) in [5.41, 5.74) is 2.50. The van der Waals surface area contributed by atoms with E-state index in [1.54, 1.807) is 29.3 Å². The van der Waals surface area contributed by atoms with Crippen LogP contribution in [0.4, 0.5) is 5.95 Å². The lowest BCUT2D eigenvalue weighted by Gasteiger charge is -2.48. The summed E-state index contributed by atoms with van der Waals surface area (Å²) in [5.74, 6) is 0.592. The first-order chi connectivity index (χ1) is 14.5. The first kappa shape index (κ1) is 21.2. The average molecular weight is 423 g/mol. The number of nitrogens with zero attached hydrogens (tertiary/aromatic N) is 7. The zero-order chi connectivity index (χ0) is 22.4. The molecule has 0 unspecified atom stereocenters. The second-order valence-corrected chi connectivity index (χ2v) is 9.70. The van der Waals surface area contributed by atoms with E-state index in [-0.39, 0.29) is 16.8 Å². The number of aromatic nitrogens is 6. The van der Waals surface area contributed by atoms with Crippen LogP contribution in [0.1, 0.15) is 40.5 Å². The number of nitrogens with one attached hydrogen (secondary N) is 1. The van der Waals surface area contributed by atoms with Crippen LogP contribution in [0, 0.1) is 0 Å². The second kappa shape index (κ2) is 7.56. The zero-order valence-corrected chi connectivity index (χ0v) is 19.0. The van der Waals surface area contributed by atoms with Gasteiger partial charge in [0.1, 0.15) is 17.1 Å². The molecular weight excluding hydrogens is 392 g/mol. The molecule has 31 heavy (non-hydrogen) atoms. The SMILES string of the molecule is CN(c1ncc(-c2ncc(-c3cnn(C)c3)cc2O)nn1)C1CC(C)(C)NC(C)(C)C1. The molecule has 1 aliphatic rings. The molecule has 0 bridgehead atoms. The van der Waals surface area contributed by atoms with Crippen LogP contribution < -0.4 is 10.2 Å². The molecule has 0 radical (unpaired) electrons. The Hall–Kier alpha value is -3.07. The third kappa shape index (κ3) is 4.51. The van der Waals surface area contributed by atoms with Crippen molar-refractivity contribution in [3.63, 3.8) is 0 Å². The van der Waals surface area contributed by atoms with Gasteiger partial charge in [0.05, 0.1) is 12.4 Å². The maximum absolute atomic E-state index is 10.5. The van der Waals surface area contributed by atoms with E-state index in [0.717, 1.165) is 24.0 Å². The van der Waals surface area contributed by atoms with Crippen molar-refractivity contribution in [3.05, 3.63) is 30.9 Å². The van der Waals surface area contributed by atoms with E-state index in [4.69, 9.17) is 0 Å². The molecule has 9 heteroatoms. The molecule has 1 aliphatic heterocycles. The van der Waals surface area contributed by atoms with E-state index in [0.29, 0.717) is 23.4 Å². The van der Waals surface area contributed by atoms with Crippen molar-refractivity contribution in [1.29, 1.82) is 0 Å². The van der Waals surface area contributed by atoms with Crippen LogP contribution in [0.25, 0.3) is 22.5 Å². The van der Waals surface area contributed by atoms with Crippen molar-refractivity contribution >= 4 is 5.95 Å². The minimum absolute atomic E-state index is 0.0276. The van der Waals surface area contributed by atoms with Gasteiger partial charge in [0, 0.05) is 54.7 Å². The summed E-state index contributed by atoms with van der Waals surface area (Å²) in [7, 11) is 3.86. The van der Waals surface area contributed by atoms with Crippen molar-refractivity contribution in [3.8, 4) is 28.3 Å². The highest BCUT2D eigenvalue weighted by Crippen LogP contribution is 2.33. The van der Waals surface area contributed by atoms with Crippen molar-refractivity contribution in [1.82, 2.24) is 35.3 Å². The minimum atomic E-state index is 0.0276. The standard InChI is InChI=1S/C22H30N8O/c1-21(2)8-16(9-22(3,4)28-21)30(6)20-24-12-17(26-27-20)19-18(31)7-14(10-23-19)15-11-25-29(5)13-15/h7,10-13,16,28,31H,8-9H2,1-6H3. The Morgan fingerprint density at radius 1 is 1.03 bits per heavy atom. The Labute approximate surface area is 182 Å². The fraction of sp³-hybridized carbons (Fsp3) is 0.500. The summed E-state index contributed by atoms with van der Waals surface area (Å²) in [5, 5.41) is 27.0. The summed E-state index contributed by atoms with van der Waals surface area (Å²) in [6.45, 7) is 8.89. The smallest absolute Gasteiger partial charge is 0.245 e. The van der Waals surface area contributed by atoms with E-state index in [2.05, 4.69) is 63.2 Å². The predicted octanol–water partition coefficient (Wildman–Crippen LogP) is 2.79. The first-order valence-electron chi connectivity index (χ1n) is 10.4. The van der Waals surface area contributed by atoms with Crippen molar-refractivity contribution in [2.75, 3.05) is 11.9 Å². The highest BCUT2D eigenvalue weighted by Gasteiger charge is 2.39. The summed E-state index contributed by atoms with van der Waals surface area (Å²) in [4.78, 5) is 11.0. The molecule has 0 spiro atoms. The number of aromatic hydroxyl groups is 1. The molecular formula is C22H30N8O. The summed E-state index contributed by atoms with van der Waals surface area (Å²) >= 11 is 0. The molecule has 0 amide bonds. The number of piperidine rings is 1. The van der Waals surface area contributed by atoms with Gasteiger partial charge in [0.15, 0.2) is 0 Å². The highest BCUT2D eigenvalue weighted by molar-refractivity contribution is 5.69. The molecule has 0 aliphatic carbocycles. The molecule has 164 valence electrons. The van der Waals surface area contributed by atoms with Crippen LogP contribution in [0.15, 0.2) is 30.9 Å². The van der Waals surface area contributed by atoms with Crippen LogP contribution in [-0.2, 0) is 7.05 Å². The lowest BCUT2D eigenvalue weighted by Crippen LogP contribution is -2.62. The lowest BCUT2D eigenvalue weighted by molar-refractivity contribution is 0.160. The Morgan fingerprint density at radius 3 is 2.29 bits per heavy atom. The van der Waals surface area contributed by atoms with Crippen molar-refractivity contribution in [2.45, 2.75) is 57.7 Å². The molecule has 0 saturated carbocycles. The van der Waals surface area contributed by atoms with Gasteiger partial charge in [-0.15, -0.1) is 10.2 Å². The summed E-state index contributed by atoms with van der Waals surface area (Å²) in [6.07, 6.45) is 8.86. The molecule has 1 fully saturated rings. The van der Waals surface area contributed by atoms with Crippen molar-refractivity contribution < 1.29 is 5.11 Å². The molecule has 4 rings (SSSR count). The van der Waals surface area contributed by atoms with Gasteiger partial charge >= 0.3 is 0 Å². The topological polar surface area (TPSA) is 105 Å². The number of pyridine rings is 1. The van der Waals surface area contributed by atoms with Gasteiger partial charge in [-0.25, -0.2) is 9.97 Å². The van der Waals surface area contributed by atoms with E-state index in [1.165, 1.54) is 0 Å². The number of aryl methyl sites for hydroxylation is 1. The van der Waals surface area contributed by atoms with Crippen LogP contribution >= 0.6 is 0 Å². The Bertz CT molecular complexity index is 1060. The minimum Gasteiger partial charge on any atom is -0.506 e. The van der Waals surface area contributed by atoms with Gasteiger partial charge in [-0.05, 0) is 46.6 Å². The molecule has 3 aromatic rings. The van der Waals surface area contributed by atoms with Gasteiger partial charge in [-0.3, -0.25) is 4.68 Å². The third-order valence-electron chi connectivity index (χ3n) is 5.73. The Morgan fingerprint density at radius 2 is 1.74 bits per heavy atom.